The number of hydrogen-bond donors (Lipinski definition) is 2. The van der Waals surface area contributed by atoms with Crippen LogP contribution in [0, 0.1) is 15.9 Å². The van der Waals surface area contributed by atoms with Crippen LogP contribution in [0.15, 0.2) is 42.5 Å². The molecule has 126 valence electrons. The van der Waals surface area contributed by atoms with Gasteiger partial charge in [0.1, 0.15) is 5.82 Å². The van der Waals surface area contributed by atoms with Crippen LogP contribution in [0.1, 0.15) is 10.4 Å². The molecule has 0 spiro atoms. The Morgan fingerprint density at radius 3 is 2.50 bits per heavy atom. The van der Waals surface area contributed by atoms with E-state index in [1.807, 2.05) is 11.9 Å². The number of aliphatic hydroxyl groups is 1. The molecule has 0 atom stereocenters. The molecule has 24 heavy (non-hydrogen) atoms. The van der Waals surface area contributed by atoms with Gasteiger partial charge in [0.15, 0.2) is 0 Å². The van der Waals surface area contributed by atoms with Gasteiger partial charge in [0.05, 0.1) is 23.2 Å². The smallest absolute Gasteiger partial charge is 0.272 e. The van der Waals surface area contributed by atoms with Crippen molar-refractivity contribution < 1.29 is 19.2 Å². The van der Waals surface area contributed by atoms with Crippen LogP contribution in [-0.2, 0) is 0 Å². The van der Waals surface area contributed by atoms with Crippen LogP contribution in [0.3, 0.4) is 0 Å². The number of non-ortho nitro benzene ring substituents is 1. The zero-order valence-corrected chi connectivity index (χ0v) is 12.9. The Kier molecular flexibility index (Phi) is 5.43. The van der Waals surface area contributed by atoms with E-state index in [-0.39, 0.29) is 12.2 Å². The molecule has 0 aromatic heterocycles. The molecule has 0 bridgehead atoms. The van der Waals surface area contributed by atoms with E-state index in [0.29, 0.717) is 18.3 Å². The minimum atomic E-state index is -0.957. The number of anilines is 2. The van der Waals surface area contributed by atoms with Crippen molar-refractivity contribution in [1.29, 1.82) is 0 Å². The second kappa shape index (κ2) is 7.51. The lowest BCUT2D eigenvalue weighted by Crippen LogP contribution is -2.21. The molecule has 0 fully saturated rings. The number of nitrogens with one attached hydrogen (secondary N) is 1. The van der Waals surface area contributed by atoms with Crippen LogP contribution >= 0.6 is 0 Å². The van der Waals surface area contributed by atoms with Gasteiger partial charge < -0.3 is 15.3 Å². The number of rotatable bonds is 6. The summed E-state index contributed by atoms with van der Waals surface area (Å²) in [6.45, 7) is 0.494. The van der Waals surface area contributed by atoms with Crippen LogP contribution in [0.2, 0.25) is 0 Å². The van der Waals surface area contributed by atoms with Gasteiger partial charge in [-0.25, -0.2) is 4.39 Å². The van der Waals surface area contributed by atoms with Gasteiger partial charge in [-0.15, -0.1) is 0 Å². The second-order valence-electron chi connectivity index (χ2n) is 5.07. The van der Waals surface area contributed by atoms with E-state index < -0.39 is 22.3 Å². The van der Waals surface area contributed by atoms with Gasteiger partial charge >= 0.3 is 0 Å². The molecule has 2 N–H and O–H groups in total. The van der Waals surface area contributed by atoms with Crippen LogP contribution in [0.4, 0.5) is 21.5 Å². The summed E-state index contributed by atoms with van der Waals surface area (Å²) < 4.78 is 13.8. The molecule has 2 aromatic carbocycles. The number of nitrogens with zero attached hydrogens (tertiary/aromatic N) is 2. The van der Waals surface area contributed by atoms with Gasteiger partial charge in [-0.3, -0.25) is 14.9 Å². The summed E-state index contributed by atoms with van der Waals surface area (Å²) in [4.78, 5) is 23.8. The first-order chi connectivity index (χ1) is 11.4. The number of likely N-dealkylation sites (N-methyl/N-ethyl adjacent to an activating group) is 1. The maximum atomic E-state index is 13.8. The van der Waals surface area contributed by atoms with E-state index in [0.717, 1.165) is 17.8 Å². The van der Waals surface area contributed by atoms with Crippen molar-refractivity contribution in [2.24, 2.45) is 0 Å². The van der Waals surface area contributed by atoms with Gasteiger partial charge in [0.2, 0.25) is 0 Å². The Morgan fingerprint density at radius 2 is 1.96 bits per heavy atom. The highest BCUT2D eigenvalue weighted by atomic mass is 19.1. The molecule has 0 saturated carbocycles. The topological polar surface area (TPSA) is 95.7 Å². The minimum absolute atomic E-state index is 0.0222. The summed E-state index contributed by atoms with van der Waals surface area (Å²) in [7, 11) is 1.82. The summed E-state index contributed by atoms with van der Waals surface area (Å²) in [6, 6.07) is 9.64. The van der Waals surface area contributed by atoms with E-state index in [1.54, 1.807) is 24.3 Å². The number of benzene rings is 2. The van der Waals surface area contributed by atoms with Crippen LogP contribution in [0.25, 0.3) is 0 Å². The lowest BCUT2D eigenvalue weighted by Gasteiger charge is -2.18. The Labute approximate surface area is 137 Å². The number of nitro groups is 1. The van der Waals surface area contributed by atoms with Crippen molar-refractivity contribution in [2.75, 3.05) is 30.4 Å². The largest absolute Gasteiger partial charge is 0.395 e. The Morgan fingerprint density at radius 1 is 1.29 bits per heavy atom. The molecule has 0 saturated heterocycles. The van der Waals surface area contributed by atoms with Gasteiger partial charge in [-0.05, 0) is 30.3 Å². The molecule has 0 unspecified atom stereocenters. The first kappa shape index (κ1) is 17.4. The lowest BCUT2D eigenvalue weighted by molar-refractivity contribution is -0.385. The fourth-order valence-electron chi connectivity index (χ4n) is 2.08. The molecule has 7 nitrogen and oxygen atoms in total. The maximum absolute atomic E-state index is 13.8. The predicted octanol–water partition coefficient (Wildman–Crippen LogP) is 2.41. The molecule has 1 amide bonds. The van der Waals surface area contributed by atoms with Crippen molar-refractivity contribution in [1.82, 2.24) is 0 Å². The molecule has 2 rings (SSSR count). The van der Waals surface area contributed by atoms with E-state index in [4.69, 9.17) is 5.11 Å². The van der Waals surface area contributed by atoms with Gasteiger partial charge in [-0.2, -0.15) is 0 Å². The number of aliphatic hydroxyl groups excluding tert-OH is 1. The van der Waals surface area contributed by atoms with Crippen molar-refractivity contribution in [2.45, 2.75) is 0 Å². The number of carbonyl (C=O) groups is 1. The van der Waals surface area contributed by atoms with Crippen molar-refractivity contribution in [3.8, 4) is 0 Å². The number of halogens is 1. The number of nitro benzene ring substituents is 1. The second-order valence-corrected chi connectivity index (χ2v) is 5.07. The highest BCUT2D eigenvalue weighted by molar-refractivity contribution is 6.04. The van der Waals surface area contributed by atoms with Gasteiger partial charge in [-0.1, -0.05) is 0 Å². The average molecular weight is 333 g/mol. The molecule has 0 aliphatic rings. The zero-order valence-electron chi connectivity index (χ0n) is 12.9. The van der Waals surface area contributed by atoms with Crippen LogP contribution < -0.4 is 10.2 Å². The fourth-order valence-corrected chi connectivity index (χ4v) is 2.08. The third kappa shape index (κ3) is 4.05. The molecule has 0 heterocycles. The Hall–Kier alpha value is -3.00. The normalized spacial score (nSPS) is 10.3. The summed E-state index contributed by atoms with van der Waals surface area (Å²) in [5.41, 5.74) is 0.616. The summed E-state index contributed by atoms with van der Waals surface area (Å²) >= 11 is 0. The predicted molar refractivity (Wildman–Crippen MR) is 87.8 cm³/mol. The van der Waals surface area contributed by atoms with Crippen LogP contribution in [0.5, 0.6) is 0 Å². The van der Waals surface area contributed by atoms with Crippen molar-refractivity contribution in [3.63, 3.8) is 0 Å². The maximum Gasteiger partial charge on any atom is 0.272 e. The van der Waals surface area contributed by atoms with Gasteiger partial charge in [0.25, 0.3) is 11.6 Å². The molecule has 0 radical (unpaired) electrons. The minimum Gasteiger partial charge on any atom is -0.395 e. The number of hydrogen-bond acceptors (Lipinski definition) is 5. The van der Waals surface area contributed by atoms with E-state index >= 15 is 0 Å². The Bertz CT molecular complexity index is 749. The first-order valence-corrected chi connectivity index (χ1v) is 7.09. The number of carbonyl (C=O) groups excluding carboxylic acids is 1. The summed E-state index contributed by atoms with van der Waals surface area (Å²) in [5, 5.41) is 22.0. The lowest BCUT2D eigenvalue weighted by atomic mass is 10.1. The molecule has 0 aliphatic carbocycles. The van der Waals surface area contributed by atoms with E-state index in [1.165, 1.54) is 0 Å². The molecule has 0 aliphatic heterocycles. The third-order valence-corrected chi connectivity index (χ3v) is 3.41. The average Bonchev–Trinajstić information content (AvgIpc) is 2.55. The molecule has 8 heteroatoms. The Balaban J connectivity index is 2.11. The van der Waals surface area contributed by atoms with E-state index in [9.17, 15) is 19.3 Å². The quantitative estimate of drug-likeness (QED) is 0.625. The monoisotopic (exact) mass is 333 g/mol. The summed E-state index contributed by atoms with van der Waals surface area (Å²) in [6.07, 6.45) is 0. The highest BCUT2D eigenvalue weighted by Crippen LogP contribution is 2.20. The van der Waals surface area contributed by atoms with Crippen molar-refractivity contribution in [3.05, 3.63) is 64.0 Å². The molecular weight excluding hydrogens is 317 g/mol. The zero-order chi connectivity index (χ0) is 17.7. The van der Waals surface area contributed by atoms with Gasteiger partial charge in [0, 0.05) is 31.0 Å². The molecule has 2 aromatic rings. The van der Waals surface area contributed by atoms with E-state index in [2.05, 4.69) is 5.32 Å². The standard InChI is InChI=1S/C16H16FN3O4/c1-19(8-9-21)12-4-2-11(3-5-12)18-16(22)14-7-6-13(20(23)24)10-15(14)17/h2-7,10,21H,8-9H2,1H3,(H,18,22). The SMILES string of the molecule is CN(CCO)c1ccc(NC(=O)c2ccc([N+](=O)[O-])cc2F)cc1. The van der Waals surface area contributed by atoms with Crippen molar-refractivity contribution >= 4 is 23.0 Å². The fraction of sp³-hybridized carbons (Fsp3) is 0.188. The number of amides is 1. The first-order valence-electron chi connectivity index (χ1n) is 7.09. The highest BCUT2D eigenvalue weighted by Gasteiger charge is 2.16. The van der Waals surface area contributed by atoms with Crippen LogP contribution in [-0.4, -0.2) is 36.1 Å². The third-order valence-electron chi connectivity index (χ3n) is 3.41. The molecular formula is C16H16FN3O4. The summed E-state index contributed by atoms with van der Waals surface area (Å²) in [5.74, 6) is -1.65.